The van der Waals surface area contributed by atoms with Crippen LogP contribution in [-0.4, -0.2) is 59.9 Å². The van der Waals surface area contributed by atoms with Crippen molar-refractivity contribution in [1.29, 1.82) is 0 Å². The van der Waals surface area contributed by atoms with Gasteiger partial charge in [-0.05, 0) is 24.7 Å². The van der Waals surface area contributed by atoms with E-state index in [1.807, 2.05) is 17.7 Å². The molecule has 0 atom stereocenters. The summed E-state index contributed by atoms with van der Waals surface area (Å²) in [7, 11) is -1.52. The van der Waals surface area contributed by atoms with Crippen LogP contribution in [0.3, 0.4) is 0 Å². The molecule has 1 aromatic heterocycles. The van der Waals surface area contributed by atoms with Gasteiger partial charge in [-0.15, -0.1) is 0 Å². The minimum Gasteiger partial charge on any atom is -0.334 e. The number of hydrogen-bond acceptors (Lipinski definition) is 4. The maximum Gasteiger partial charge on any atom is 0.243 e. The van der Waals surface area contributed by atoms with Gasteiger partial charge in [0.25, 0.3) is 0 Å². The molecule has 2 aromatic rings. The Morgan fingerprint density at radius 1 is 1.19 bits per heavy atom. The van der Waals surface area contributed by atoms with Gasteiger partial charge in [-0.3, -0.25) is 0 Å². The second kappa shape index (κ2) is 5.40. The number of aromatic nitrogens is 2. The van der Waals surface area contributed by atoms with E-state index in [0.29, 0.717) is 23.5 Å². The van der Waals surface area contributed by atoms with Gasteiger partial charge in [0, 0.05) is 33.2 Å². The van der Waals surface area contributed by atoms with Gasteiger partial charge in [-0.1, -0.05) is 6.92 Å². The van der Waals surface area contributed by atoms with Gasteiger partial charge >= 0.3 is 0 Å². The van der Waals surface area contributed by atoms with Gasteiger partial charge in [0.1, 0.15) is 0 Å². The fourth-order valence-electron chi connectivity index (χ4n) is 2.71. The maximum atomic E-state index is 12.7. The number of fused-ring (bicyclic) bond motifs is 1. The van der Waals surface area contributed by atoms with Crippen LogP contribution in [-0.2, 0) is 17.1 Å². The Labute approximate surface area is 125 Å². The van der Waals surface area contributed by atoms with Gasteiger partial charge < -0.3 is 9.47 Å². The maximum absolute atomic E-state index is 12.7. The number of rotatable bonds is 3. The van der Waals surface area contributed by atoms with Crippen molar-refractivity contribution < 1.29 is 8.42 Å². The van der Waals surface area contributed by atoms with Crippen LogP contribution in [0, 0.1) is 0 Å². The highest BCUT2D eigenvalue weighted by molar-refractivity contribution is 7.89. The first-order chi connectivity index (χ1) is 10.0. The largest absolute Gasteiger partial charge is 0.334 e. The Bertz CT molecular complexity index is 745. The highest BCUT2D eigenvalue weighted by Gasteiger charge is 2.28. The van der Waals surface area contributed by atoms with Gasteiger partial charge in [0.05, 0.1) is 22.3 Å². The molecule has 0 unspecified atom stereocenters. The van der Waals surface area contributed by atoms with Gasteiger partial charge in [0.2, 0.25) is 10.0 Å². The summed E-state index contributed by atoms with van der Waals surface area (Å²) in [4.78, 5) is 6.82. The quantitative estimate of drug-likeness (QED) is 0.845. The average molecular weight is 308 g/mol. The molecule has 2 heterocycles. The highest BCUT2D eigenvalue weighted by atomic mass is 32.2. The third-order valence-electron chi connectivity index (χ3n) is 4.11. The molecule has 1 saturated heterocycles. The smallest absolute Gasteiger partial charge is 0.243 e. The lowest BCUT2D eigenvalue weighted by molar-refractivity contribution is 0.196. The van der Waals surface area contributed by atoms with Crippen molar-refractivity contribution in [3.63, 3.8) is 0 Å². The van der Waals surface area contributed by atoms with Gasteiger partial charge in [-0.2, -0.15) is 4.31 Å². The molecule has 0 amide bonds. The lowest BCUT2D eigenvalue weighted by atomic mass is 10.3. The van der Waals surface area contributed by atoms with Crippen molar-refractivity contribution in [2.75, 3.05) is 32.7 Å². The summed E-state index contributed by atoms with van der Waals surface area (Å²) in [5.74, 6) is 0. The van der Waals surface area contributed by atoms with E-state index in [1.165, 1.54) is 0 Å². The Kier molecular flexibility index (Phi) is 3.73. The number of hydrogen-bond donors (Lipinski definition) is 0. The number of nitrogens with zero attached hydrogens (tertiary/aromatic N) is 4. The number of aryl methyl sites for hydroxylation is 1. The topological polar surface area (TPSA) is 58.4 Å². The van der Waals surface area contributed by atoms with Crippen LogP contribution in [0.1, 0.15) is 6.92 Å². The SMILES string of the molecule is CCN1CCN(S(=O)(=O)c2ccc3c(c2)ncn3C)CC1. The van der Waals surface area contributed by atoms with E-state index in [0.717, 1.165) is 25.2 Å². The van der Waals surface area contributed by atoms with Gasteiger partial charge in [0.15, 0.2) is 0 Å². The first kappa shape index (κ1) is 14.5. The first-order valence-electron chi connectivity index (χ1n) is 7.16. The second-order valence-electron chi connectivity index (χ2n) is 5.34. The Morgan fingerprint density at radius 3 is 2.57 bits per heavy atom. The molecule has 0 spiro atoms. The van der Waals surface area contributed by atoms with Crippen molar-refractivity contribution >= 4 is 21.1 Å². The lowest BCUT2D eigenvalue weighted by Gasteiger charge is -2.33. The van der Waals surface area contributed by atoms with Crippen molar-refractivity contribution in [3.05, 3.63) is 24.5 Å². The normalized spacial score (nSPS) is 18.4. The summed E-state index contributed by atoms with van der Waals surface area (Å²) in [5.41, 5.74) is 1.65. The molecule has 21 heavy (non-hydrogen) atoms. The molecule has 0 N–H and O–H groups in total. The molecule has 1 aliphatic heterocycles. The molecule has 0 aliphatic carbocycles. The molecule has 6 nitrogen and oxygen atoms in total. The molecule has 114 valence electrons. The molecule has 3 rings (SSSR count). The van der Waals surface area contributed by atoms with Crippen LogP contribution in [0.5, 0.6) is 0 Å². The third kappa shape index (κ3) is 2.56. The zero-order chi connectivity index (χ0) is 15.0. The second-order valence-corrected chi connectivity index (χ2v) is 7.28. The minimum absolute atomic E-state index is 0.332. The summed E-state index contributed by atoms with van der Waals surface area (Å²) in [6.45, 7) is 5.75. The summed E-state index contributed by atoms with van der Waals surface area (Å²) in [6, 6.07) is 5.15. The summed E-state index contributed by atoms with van der Waals surface area (Å²) in [6.07, 6.45) is 1.70. The first-order valence-corrected chi connectivity index (χ1v) is 8.60. The molecular weight excluding hydrogens is 288 g/mol. The highest BCUT2D eigenvalue weighted by Crippen LogP contribution is 2.21. The van der Waals surface area contributed by atoms with E-state index in [-0.39, 0.29) is 0 Å². The van der Waals surface area contributed by atoms with Crippen LogP contribution in [0.25, 0.3) is 11.0 Å². The van der Waals surface area contributed by atoms with Crippen molar-refractivity contribution in [1.82, 2.24) is 18.8 Å². The van der Waals surface area contributed by atoms with E-state index in [2.05, 4.69) is 16.8 Å². The zero-order valence-electron chi connectivity index (χ0n) is 12.4. The Morgan fingerprint density at radius 2 is 1.90 bits per heavy atom. The lowest BCUT2D eigenvalue weighted by Crippen LogP contribution is -2.48. The average Bonchev–Trinajstić information content (AvgIpc) is 2.88. The number of sulfonamides is 1. The van der Waals surface area contributed by atoms with Gasteiger partial charge in [-0.25, -0.2) is 13.4 Å². The minimum atomic E-state index is -3.42. The van der Waals surface area contributed by atoms with E-state index in [1.54, 1.807) is 22.8 Å². The predicted octanol–water partition coefficient (Wildman–Crippen LogP) is 0.899. The van der Waals surface area contributed by atoms with Crippen LogP contribution in [0.15, 0.2) is 29.4 Å². The fraction of sp³-hybridized carbons (Fsp3) is 0.500. The summed E-state index contributed by atoms with van der Waals surface area (Å²) >= 11 is 0. The zero-order valence-corrected chi connectivity index (χ0v) is 13.2. The fourth-order valence-corrected chi connectivity index (χ4v) is 4.15. The Balaban J connectivity index is 1.89. The van der Waals surface area contributed by atoms with Crippen LogP contribution in [0.2, 0.25) is 0 Å². The monoisotopic (exact) mass is 308 g/mol. The van der Waals surface area contributed by atoms with Crippen LogP contribution >= 0.6 is 0 Å². The number of imidazole rings is 1. The molecule has 1 aliphatic rings. The van der Waals surface area contributed by atoms with Crippen molar-refractivity contribution in [2.45, 2.75) is 11.8 Å². The summed E-state index contributed by atoms with van der Waals surface area (Å²) < 4.78 is 28.9. The van der Waals surface area contributed by atoms with Crippen LogP contribution < -0.4 is 0 Å². The van der Waals surface area contributed by atoms with E-state index >= 15 is 0 Å². The number of piperazine rings is 1. The molecule has 1 fully saturated rings. The van der Waals surface area contributed by atoms with E-state index in [4.69, 9.17) is 0 Å². The molecule has 0 bridgehead atoms. The van der Waals surface area contributed by atoms with Crippen LogP contribution in [0.4, 0.5) is 0 Å². The predicted molar refractivity (Wildman–Crippen MR) is 81.6 cm³/mol. The van der Waals surface area contributed by atoms with E-state index in [9.17, 15) is 8.42 Å². The number of likely N-dealkylation sites (N-methyl/N-ethyl adjacent to an activating group) is 1. The summed E-state index contributed by atoms with van der Waals surface area (Å²) in [5, 5.41) is 0. The van der Waals surface area contributed by atoms with Crippen molar-refractivity contribution in [2.24, 2.45) is 7.05 Å². The van der Waals surface area contributed by atoms with E-state index < -0.39 is 10.0 Å². The molecule has 7 heteroatoms. The third-order valence-corrected chi connectivity index (χ3v) is 6.01. The van der Waals surface area contributed by atoms with Crippen molar-refractivity contribution in [3.8, 4) is 0 Å². The molecular formula is C14H20N4O2S. The molecule has 1 aromatic carbocycles. The molecule has 0 radical (unpaired) electrons. The number of benzene rings is 1. The Hall–Kier alpha value is -1.44. The molecule has 0 saturated carbocycles. The standard InChI is InChI=1S/C14H20N4O2S/c1-3-17-6-8-18(9-7-17)21(19,20)12-4-5-14-13(10-12)15-11-16(14)2/h4-5,10-11H,3,6-9H2,1-2H3.